The summed E-state index contributed by atoms with van der Waals surface area (Å²) >= 11 is 0. The molecule has 2 aliphatic carbocycles. The number of aliphatic hydroxyl groups excluding tert-OH is 1. The average Bonchev–Trinajstić information content (AvgIpc) is 3.51. The van der Waals surface area contributed by atoms with Crippen molar-refractivity contribution < 1.29 is 19.4 Å². The van der Waals surface area contributed by atoms with Crippen LogP contribution in [0.25, 0.3) is 39.5 Å². The molecule has 2 saturated carbocycles. The van der Waals surface area contributed by atoms with Crippen molar-refractivity contribution >= 4 is 33.9 Å². The Hall–Kier alpha value is -4.36. The normalized spacial score (nSPS) is 28.1. The van der Waals surface area contributed by atoms with Gasteiger partial charge in [0.15, 0.2) is 22.7 Å². The fraction of sp³-hybridized carbons (Fsp3) is 0.360. The number of rotatable bonds is 5. The van der Waals surface area contributed by atoms with Gasteiger partial charge in [-0.2, -0.15) is 14.6 Å². The van der Waals surface area contributed by atoms with Crippen LogP contribution in [0, 0.1) is 11.3 Å². The van der Waals surface area contributed by atoms with Gasteiger partial charge >= 0.3 is 0 Å². The Kier molecular flexibility index (Phi) is 4.55. The van der Waals surface area contributed by atoms with Gasteiger partial charge < -0.3 is 29.8 Å². The summed E-state index contributed by atoms with van der Waals surface area (Å²) in [7, 11) is 3.25. The fourth-order valence-electron chi connectivity index (χ4n) is 6.05. The van der Waals surface area contributed by atoms with Crippen molar-refractivity contribution in [1.29, 1.82) is 0 Å². The maximum Gasteiger partial charge on any atom is 0.256 e. The third-order valence-corrected chi connectivity index (χ3v) is 8.09. The van der Waals surface area contributed by atoms with E-state index >= 15 is 0 Å². The molecule has 13 nitrogen and oxygen atoms in total. The number of carbonyl (C=O) groups excluding carboxylic acids is 1. The molecule has 0 spiro atoms. The number of hydrogen-bond acceptors (Lipinski definition) is 10. The molecule has 1 amide bonds. The van der Waals surface area contributed by atoms with Crippen molar-refractivity contribution in [2.45, 2.75) is 31.1 Å². The third-order valence-electron chi connectivity index (χ3n) is 8.09. The summed E-state index contributed by atoms with van der Waals surface area (Å²) in [5.41, 5.74) is -0.314. The van der Waals surface area contributed by atoms with Crippen LogP contribution in [-0.2, 0) is 4.79 Å². The minimum absolute atomic E-state index is 0.243. The van der Waals surface area contributed by atoms with Crippen LogP contribution in [0.15, 0.2) is 47.3 Å². The van der Waals surface area contributed by atoms with E-state index in [4.69, 9.17) is 9.40 Å². The number of hydrogen-bond donors (Lipinski definition) is 4. The predicted octanol–water partition coefficient (Wildman–Crippen LogP) is 1.28. The van der Waals surface area contributed by atoms with Gasteiger partial charge in [0.2, 0.25) is 5.91 Å². The van der Waals surface area contributed by atoms with Crippen LogP contribution in [0.5, 0.6) is 0 Å². The Balaban J connectivity index is 1.27. The molecule has 4 heterocycles. The quantitative estimate of drug-likeness (QED) is 0.267. The minimum Gasteiger partial charge on any atom is -0.454 e. The van der Waals surface area contributed by atoms with E-state index in [-0.39, 0.29) is 17.8 Å². The highest BCUT2D eigenvalue weighted by Gasteiger charge is 2.79. The van der Waals surface area contributed by atoms with Crippen molar-refractivity contribution in [3.63, 3.8) is 0 Å². The number of fused-ring (bicyclic) bond motifs is 3. The van der Waals surface area contributed by atoms with Crippen LogP contribution in [0.1, 0.15) is 19.4 Å². The van der Waals surface area contributed by atoms with Gasteiger partial charge in [-0.05, 0) is 25.5 Å². The highest BCUT2D eigenvalue weighted by atomic mass is 16.4. The molecule has 0 aliphatic heterocycles. The lowest BCUT2D eigenvalue weighted by Gasteiger charge is -2.32. The summed E-state index contributed by atoms with van der Waals surface area (Å²) in [5, 5.41) is 37.5. The summed E-state index contributed by atoms with van der Waals surface area (Å²) in [4.78, 5) is 26.2. The predicted molar refractivity (Wildman–Crippen MR) is 135 cm³/mol. The second-order valence-corrected chi connectivity index (χ2v) is 10.2. The van der Waals surface area contributed by atoms with Crippen molar-refractivity contribution in [2.24, 2.45) is 11.3 Å². The first-order valence-corrected chi connectivity index (χ1v) is 12.3. The molecule has 0 saturated heterocycles. The number of imidazole rings is 1. The molecular formula is C25H25N9O4. The van der Waals surface area contributed by atoms with Crippen LogP contribution in [-0.4, -0.2) is 76.4 Å². The monoisotopic (exact) mass is 515 g/mol. The Morgan fingerprint density at radius 2 is 2.05 bits per heavy atom. The summed E-state index contributed by atoms with van der Waals surface area (Å²) in [6.07, 6.45) is 2.34. The van der Waals surface area contributed by atoms with E-state index in [1.165, 1.54) is 11.7 Å². The lowest BCUT2D eigenvalue weighted by molar-refractivity contribution is -0.140. The number of amides is 1. The van der Waals surface area contributed by atoms with Gasteiger partial charge in [0.05, 0.1) is 30.1 Å². The number of anilines is 1. The van der Waals surface area contributed by atoms with Crippen LogP contribution in [0.3, 0.4) is 0 Å². The molecule has 4 aromatic heterocycles. The standard InChI is InChI=1S/C25H25N9O4/c1-24(22(36)27-3)9-13-18(25(13,37)21(24)35)33-11-28-17-19(26-2)29-23(30-20(17)33)34-10-14(31-32-34)16-8-12-6-4-5-7-15(12)38-16/h4-8,10-11,13,18,21,35,37H,9H2,1-3H3,(H,27,36)(H,26,29,30)/t13-,18+,21+,24-,25+/m0/s1. The number of carbonyl (C=O) groups is 1. The number of aliphatic hydroxyl groups is 2. The van der Waals surface area contributed by atoms with Crippen molar-refractivity contribution in [3.05, 3.63) is 42.9 Å². The van der Waals surface area contributed by atoms with E-state index in [1.54, 1.807) is 31.1 Å². The Morgan fingerprint density at radius 3 is 2.76 bits per heavy atom. The highest BCUT2D eigenvalue weighted by molar-refractivity contribution is 5.86. The van der Waals surface area contributed by atoms with Crippen LogP contribution >= 0.6 is 0 Å². The summed E-state index contributed by atoms with van der Waals surface area (Å²) in [6.45, 7) is 1.67. The number of aromatic nitrogens is 7. The maximum absolute atomic E-state index is 12.4. The van der Waals surface area contributed by atoms with Gasteiger partial charge in [0.1, 0.15) is 16.9 Å². The fourth-order valence-corrected chi connectivity index (χ4v) is 6.05. The first-order valence-electron chi connectivity index (χ1n) is 12.3. The van der Waals surface area contributed by atoms with Crippen LogP contribution < -0.4 is 10.6 Å². The first-order chi connectivity index (χ1) is 18.3. The lowest BCUT2D eigenvalue weighted by Crippen LogP contribution is -2.49. The first kappa shape index (κ1) is 22.8. The van der Waals surface area contributed by atoms with E-state index < -0.39 is 23.2 Å². The van der Waals surface area contributed by atoms with Gasteiger partial charge in [-0.1, -0.05) is 23.4 Å². The Labute approximate surface area is 215 Å². The number of nitrogens with zero attached hydrogens (tertiary/aromatic N) is 7. The zero-order valence-corrected chi connectivity index (χ0v) is 20.8. The number of benzene rings is 1. The van der Waals surface area contributed by atoms with E-state index in [9.17, 15) is 15.0 Å². The van der Waals surface area contributed by atoms with E-state index in [0.29, 0.717) is 34.9 Å². The molecule has 4 N–H and O–H groups in total. The van der Waals surface area contributed by atoms with E-state index in [2.05, 4.69) is 30.9 Å². The second-order valence-electron chi connectivity index (χ2n) is 10.2. The molecule has 0 radical (unpaired) electrons. The number of para-hydroxylation sites is 1. The molecule has 1 aromatic carbocycles. The van der Waals surface area contributed by atoms with Crippen molar-refractivity contribution in [1.82, 2.24) is 39.8 Å². The zero-order valence-electron chi connectivity index (χ0n) is 20.8. The third kappa shape index (κ3) is 2.88. The van der Waals surface area contributed by atoms with Gasteiger partial charge in [-0.25, -0.2) is 4.98 Å². The van der Waals surface area contributed by atoms with Gasteiger partial charge in [-0.15, -0.1) is 5.10 Å². The molecule has 2 aliphatic rings. The molecule has 7 rings (SSSR count). The van der Waals surface area contributed by atoms with Gasteiger partial charge in [-0.3, -0.25) is 4.79 Å². The van der Waals surface area contributed by atoms with Crippen molar-refractivity contribution in [3.8, 4) is 17.4 Å². The van der Waals surface area contributed by atoms with Gasteiger partial charge in [0, 0.05) is 25.4 Å². The van der Waals surface area contributed by atoms with Crippen LogP contribution in [0.2, 0.25) is 0 Å². The molecule has 5 aromatic rings. The van der Waals surface area contributed by atoms with E-state index in [1.807, 2.05) is 30.3 Å². The molecule has 194 valence electrons. The number of nitrogens with one attached hydrogen (secondary N) is 2. The summed E-state index contributed by atoms with van der Waals surface area (Å²) in [5.74, 6) is 0.650. The maximum atomic E-state index is 12.4. The van der Waals surface area contributed by atoms with Crippen LogP contribution in [0.4, 0.5) is 5.82 Å². The minimum atomic E-state index is -1.47. The molecule has 5 atom stereocenters. The molecule has 13 heteroatoms. The topological polar surface area (TPSA) is 169 Å². The SMILES string of the molecule is CNC(=O)[C@@]1(C)C[C@H]2[C@@H](n3cnc4c(NC)nc(-n5cc(-c6cc7ccccc7o6)nn5)nc43)[C@@]2(O)[C@@H]1O. The molecule has 0 bridgehead atoms. The zero-order chi connectivity index (χ0) is 26.4. The average molecular weight is 516 g/mol. The molecule has 2 fully saturated rings. The molecule has 0 unspecified atom stereocenters. The van der Waals surface area contributed by atoms with E-state index in [0.717, 1.165) is 11.0 Å². The highest BCUT2D eigenvalue weighted by Crippen LogP contribution is 2.69. The summed E-state index contributed by atoms with van der Waals surface area (Å²) < 4.78 is 9.10. The summed E-state index contributed by atoms with van der Waals surface area (Å²) in [6, 6.07) is 9.09. The largest absolute Gasteiger partial charge is 0.454 e. The smallest absolute Gasteiger partial charge is 0.256 e. The second kappa shape index (κ2) is 7.58. The Bertz CT molecular complexity index is 1710. The van der Waals surface area contributed by atoms with Crippen molar-refractivity contribution in [2.75, 3.05) is 19.4 Å². The molecule has 38 heavy (non-hydrogen) atoms. The lowest BCUT2D eigenvalue weighted by atomic mass is 9.80. The number of furan rings is 1. The molecular weight excluding hydrogens is 490 g/mol. The van der Waals surface area contributed by atoms with Gasteiger partial charge in [0.25, 0.3) is 5.95 Å². The Morgan fingerprint density at radius 1 is 1.24 bits per heavy atom.